The topological polar surface area (TPSA) is 71.0 Å². The Morgan fingerprint density at radius 3 is 2.62 bits per heavy atom. The van der Waals surface area contributed by atoms with Gasteiger partial charge in [0.05, 0.1) is 11.5 Å². The summed E-state index contributed by atoms with van der Waals surface area (Å²) in [5, 5.41) is 3.43. The number of halogens is 1. The van der Waals surface area contributed by atoms with Crippen LogP contribution in [0, 0.1) is 5.41 Å². The summed E-state index contributed by atoms with van der Waals surface area (Å²) in [7, 11) is -1.31. The lowest BCUT2D eigenvalue weighted by atomic mass is 9.87. The molecule has 1 aromatic rings. The van der Waals surface area contributed by atoms with E-state index in [4.69, 9.17) is 4.74 Å². The number of likely N-dealkylation sites (tertiary alicyclic amines) is 1. The largest absolute Gasteiger partial charge is 0.381 e. The van der Waals surface area contributed by atoms with Crippen molar-refractivity contribution in [3.8, 4) is 0 Å². The highest BCUT2D eigenvalue weighted by Crippen LogP contribution is 2.38. The van der Waals surface area contributed by atoms with Crippen molar-refractivity contribution in [1.82, 2.24) is 10.2 Å². The number of guanidine groups is 1. The van der Waals surface area contributed by atoms with Crippen molar-refractivity contribution in [3.63, 3.8) is 0 Å². The molecular formula is C18H28IN3O3S. The third-order valence-corrected chi connectivity index (χ3v) is 6.31. The number of nitrogens with one attached hydrogen (secondary N) is 1. The summed E-state index contributed by atoms with van der Waals surface area (Å²) < 4.78 is 28.6. The third kappa shape index (κ3) is 5.10. The summed E-state index contributed by atoms with van der Waals surface area (Å²) in [4.78, 5) is 7.10. The first kappa shape index (κ1) is 21.4. The molecule has 0 aliphatic carbocycles. The average molecular weight is 493 g/mol. The molecule has 1 spiro atoms. The molecule has 146 valence electrons. The molecule has 6 nitrogen and oxygen atoms in total. The lowest BCUT2D eigenvalue weighted by Crippen LogP contribution is -2.42. The molecule has 2 aliphatic heterocycles. The van der Waals surface area contributed by atoms with Gasteiger partial charge in [0.15, 0.2) is 15.8 Å². The normalized spacial score (nSPS) is 23.3. The van der Waals surface area contributed by atoms with Crippen LogP contribution in [0.3, 0.4) is 0 Å². The Balaban J connectivity index is 0.00000243. The van der Waals surface area contributed by atoms with Crippen LogP contribution in [0.5, 0.6) is 0 Å². The van der Waals surface area contributed by atoms with E-state index in [0.717, 1.165) is 57.2 Å². The highest BCUT2D eigenvalue weighted by atomic mass is 127. The van der Waals surface area contributed by atoms with Gasteiger partial charge >= 0.3 is 0 Å². The highest BCUT2D eigenvalue weighted by Gasteiger charge is 2.42. The molecule has 8 heteroatoms. The highest BCUT2D eigenvalue weighted by molar-refractivity contribution is 14.0. The fraction of sp³-hybridized carbons (Fsp3) is 0.611. The smallest absolute Gasteiger partial charge is 0.193 e. The van der Waals surface area contributed by atoms with Gasteiger partial charge in [0.2, 0.25) is 0 Å². The lowest BCUT2D eigenvalue weighted by molar-refractivity contribution is 0.156. The molecule has 0 amide bonds. The molecule has 1 aromatic carbocycles. The first-order valence-electron chi connectivity index (χ1n) is 8.74. The Hall–Kier alpha value is -0.870. The van der Waals surface area contributed by atoms with Crippen molar-refractivity contribution >= 4 is 39.8 Å². The summed E-state index contributed by atoms with van der Waals surface area (Å²) in [6.45, 7) is 4.54. The molecule has 1 unspecified atom stereocenters. The molecule has 0 bridgehead atoms. The van der Waals surface area contributed by atoms with Gasteiger partial charge in [0.25, 0.3) is 0 Å². The number of ether oxygens (including phenoxy) is 1. The Bertz CT molecular complexity index is 729. The lowest BCUT2D eigenvalue weighted by Gasteiger charge is -2.25. The molecular weight excluding hydrogens is 465 g/mol. The quantitative estimate of drug-likeness (QED) is 0.395. The number of hydrogen-bond donors (Lipinski definition) is 1. The van der Waals surface area contributed by atoms with E-state index >= 15 is 0 Å². The van der Waals surface area contributed by atoms with Gasteiger partial charge in [0, 0.05) is 45.0 Å². The summed E-state index contributed by atoms with van der Waals surface area (Å²) in [5.41, 5.74) is 1.43. The van der Waals surface area contributed by atoms with Crippen LogP contribution in [0.1, 0.15) is 18.4 Å². The molecule has 2 saturated heterocycles. The number of sulfone groups is 1. The fourth-order valence-corrected chi connectivity index (χ4v) is 4.27. The van der Waals surface area contributed by atoms with Gasteiger partial charge in [-0.15, -0.1) is 24.0 Å². The van der Waals surface area contributed by atoms with E-state index in [1.165, 1.54) is 12.7 Å². The SMILES string of the molecule is CN=C(NCCc1ccc(S(C)(=O)=O)cc1)N1CCC2(CCOC2)C1.I. The van der Waals surface area contributed by atoms with Gasteiger partial charge < -0.3 is 15.0 Å². The number of hydrogen-bond acceptors (Lipinski definition) is 4. The van der Waals surface area contributed by atoms with Gasteiger partial charge in [0.1, 0.15) is 0 Å². The van der Waals surface area contributed by atoms with E-state index in [1.807, 2.05) is 19.2 Å². The second kappa shape index (κ2) is 8.88. The van der Waals surface area contributed by atoms with Crippen LogP contribution < -0.4 is 5.32 Å². The van der Waals surface area contributed by atoms with Crippen LogP contribution in [-0.4, -0.2) is 65.4 Å². The second-order valence-corrected chi connectivity index (χ2v) is 9.13. The number of rotatable bonds is 4. The average Bonchev–Trinajstić information content (AvgIpc) is 3.22. The molecule has 2 fully saturated rings. The van der Waals surface area contributed by atoms with E-state index in [1.54, 1.807) is 12.1 Å². The number of aliphatic imine (C=N–C) groups is 1. The predicted molar refractivity (Wildman–Crippen MR) is 114 cm³/mol. The molecule has 2 aliphatic rings. The molecule has 26 heavy (non-hydrogen) atoms. The Morgan fingerprint density at radius 2 is 2.04 bits per heavy atom. The van der Waals surface area contributed by atoms with E-state index in [0.29, 0.717) is 10.3 Å². The van der Waals surface area contributed by atoms with Crippen molar-refractivity contribution in [1.29, 1.82) is 0 Å². The van der Waals surface area contributed by atoms with E-state index in [-0.39, 0.29) is 24.0 Å². The molecule has 0 radical (unpaired) electrons. The molecule has 0 saturated carbocycles. The van der Waals surface area contributed by atoms with E-state index < -0.39 is 9.84 Å². The monoisotopic (exact) mass is 493 g/mol. The van der Waals surface area contributed by atoms with Crippen LogP contribution in [0.25, 0.3) is 0 Å². The van der Waals surface area contributed by atoms with E-state index in [2.05, 4.69) is 15.2 Å². The van der Waals surface area contributed by atoms with E-state index in [9.17, 15) is 8.42 Å². The van der Waals surface area contributed by atoms with Crippen molar-refractivity contribution < 1.29 is 13.2 Å². The minimum Gasteiger partial charge on any atom is -0.381 e. The van der Waals surface area contributed by atoms with Crippen LogP contribution >= 0.6 is 24.0 Å². The van der Waals surface area contributed by atoms with Crippen molar-refractivity contribution in [2.24, 2.45) is 10.4 Å². The van der Waals surface area contributed by atoms with Crippen LogP contribution in [0.15, 0.2) is 34.2 Å². The Labute approximate surface area is 173 Å². The van der Waals surface area contributed by atoms with Crippen LogP contribution in [0.2, 0.25) is 0 Å². The third-order valence-electron chi connectivity index (χ3n) is 5.18. The van der Waals surface area contributed by atoms with Gasteiger partial charge in [-0.25, -0.2) is 8.42 Å². The van der Waals surface area contributed by atoms with Crippen molar-refractivity contribution in [2.75, 3.05) is 46.2 Å². The zero-order chi connectivity index (χ0) is 17.9. The summed E-state index contributed by atoms with van der Waals surface area (Å²) in [6.07, 6.45) is 4.37. The van der Waals surface area contributed by atoms with Crippen LogP contribution in [-0.2, 0) is 21.0 Å². The second-order valence-electron chi connectivity index (χ2n) is 7.11. The van der Waals surface area contributed by atoms with Gasteiger partial charge in [-0.3, -0.25) is 4.99 Å². The molecule has 3 rings (SSSR count). The minimum absolute atomic E-state index is 0. The zero-order valence-corrected chi connectivity index (χ0v) is 18.5. The maximum Gasteiger partial charge on any atom is 0.193 e. The zero-order valence-electron chi connectivity index (χ0n) is 15.4. The summed E-state index contributed by atoms with van der Waals surface area (Å²) >= 11 is 0. The first-order valence-corrected chi connectivity index (χ1v) is 10.6. The number of nitrogens with zero attached hydrogens (tertiary/aromatic N) is 2. The first-order chi connectivity index (χ1) is 11.9. The summed E-state index contributed by atoms with van der Waals surface area (Å²) in [5.74, 6) is 0.941. The van der Waals surface area contributed by atoms with Crippen molar-refractivity contribution in [2.45, 2.75) is 24.2 Å². The van der Waals surface area contributed by atoms with Gasteiger partial charge in [-0.05, 0) is 37.0 Å². The standard InChI is InChI=1S/C18H27N3O3S.HI/c1-19-17(21-11-8-18(13-21)9-12-24-14-18)20-10-7-15-3-5-16(6-4-15)25(2,22)23;/h3-6H,7-14H2,1-2H3,(H,19,20);1H. The van der Waals surface area contributed by atoms with Gasteiger partial charge in [-0.2, -0.15) is 0 Å². The fourth-order valence-electron chi connectivity index (χ4n) is 3.64. The van der Waals surface area contributed by atoms with Crippen LogP contribution in [0.4, 0.5) is 0 Å². The molecule has 2 heterocycles. The predicted octanol–water partition coefficient (Wildman–Crippen LogP) is 1.94. The Kier molecular flexibility index (Phi) is 7.32. The number of benzene rings is 1. The maximum atomic E-state index is 11.5. The summed E-state index contributed by atoms with van der Waals surface area (Å²) in [6, 6.07) is 7.09. The molecule has 1 N–H and O–H groups in total. The van der Waals surface area contributed by atoms with Gasteiger partial charge in [-0.1, -0.05) is 12.1 Å². The molecule has 0 aromatic heterocycles. The maximum absolute atomic E-state index is 11.5. The Morgan fingerprint density at radius 1 is 1.31 bits per heavy atom. The minimum atomic E-state index is -3.13. The van der Waals surface area contributed by atoms with Crippen molar-refractivity contribution in [3.05, 3.63) is 29.8 Å². The molecule has 1 atom stereocenters.